The number of para-hydroxylation sites is 2. The van der Waals surface area contributed by atoms with Crippen molar-refractivity contribution in [3.05, 3.63) is 125 Å². The number of hydrogen-bond acceptors (Lipinski definition) is 6. The molecule has 1 aliphatic heterocycles. The smallest absolute Gasteiger partial charge is 0.257 e. The van der Waals surface area contributed by atoms with Crippen LogP contribution in [-0.4, -0.2) is 76.4 Å². The summed E-state index contributed by atoms with van der Waals surface area (Å²) >= 11 is 0. The maximum atomic E-state index is 13.9. The van der Waals surface area contributed by atoms with Crippen molar-refractivity contribution in [2.24, 2.45) is 5.92 Å². The molecule has 6 rings (SSSR count). The zero-order chi connectivity index (χ0) is 33.6. The monoisotopic (exact) mass is 647 g/mol. The second kappa shape index (κ2) is 14.9. The van der Waals surface area contributed by atoms with E-state index >= 15 is 0 Å². The van der Waals surface area contributed by atoms with Crippen molar-refractivity contribution in [2.45, 2.75) is 38.6 Å². The van der Waals surface area contributed by atoms with Gasteiger partial charge in [0.05, 0.1) is 35.9 Å². The van der Waals surface area contributed by atoms with Gasteiger partial charge in [0.2, 0.25) is 5.78 Å². The van der Waals surface area contributed by atoms with Crippen LogP contribution < -0.4 is 4.74 Å². The van der Waals surface area contributed by atoms with Crippen molar-refractivity contribution in [3.63, 3.8) is 0 Å². The Hall–Kier alpha value is -4.89. The molecule has 3 heterocycles. The van der Waals surface area contributed by atoms with Gasteiger partial charge in [-0.15, -0.1) is 0 Å². The SMILES string of the molecule is COc1ccc(C)cc1C(=O)N(C)CC(CCN1CCC(C(=O)c2nc3ccccc3n2Cc2ccccn2)CC1)c1ccc(F)cc1. The predicted octanol–water partition coefficient (Wildman–Crippen LogP) is 6.78. The summed E-state index contributed by atoms with van der Waals surface area (Å²) in [5, 5.41) is 0. The third-order valence-corrected chi connectivity index (χ3v) is 9.44. The van der Waals surface area contributed by atoms with Crippen molar-refractivity contribution in [2.75, 3.05) is 40.3 Å². The number of pyridine rings is 1. The van der Waals surface area contributed by atoms with Crippen LogP contribution in [0.25, 0.3) is 11.0 Å². The first kappa shape index (κ1) is 33.0. The molecule has 8 nitrogen and oxygen atoms in total. The Labute approximate surface area is 281 Å². The molecule has 9 heteroatoms. The van der Waals surface area contributed by atoms with Gasteiger partial charge in [-0.05, 0) is 99.9 Å². The van der Waals surface area contributed by atoms with Crippen LogP contribution in [0.2, 0.25) is 0 Å². The molecule has 1 aliphatic rings. The second-order valence-electron chi connectivity index (χ2n) is 12.7. The first-order chi connectivity index (χ1) is 23.3. The largest absolute Gasteiger partial charge is 0.496 e. The van der Waals surface area contributed by atoms with Gasteiger partial charge in [0.25, 0.3) is 5.91 Å². The summed E-state index contributed by atoms with van der Waals surface area (Å²) in [4.78, 5) is 40.9. The van der Waals surface area contributed by atoms with E-state index < -0.39 is 0 Å². The summed E-state index contributed by atoms with van der Waals surface area (Å²) in [7, 11) is 3.37. The van der Waals surface area contributed by atoms with Gasteiger partial charge in [-0.3, -0.25) is 14.6 Å². The summed E-state index contributed by atoms with van der Waals surface area (Å²) in [5.74, 6) is 0.610. The fourth-order valence-electron chi connectivity index (χ4n) is 6.72. The molecule has 1 saturated heterocycles. The lowest BCUT2D eigenvalue weighted by molar-refractivity contribution is 0.0776. The Bertz CT molecular complexity index is 1870. The number of fused-ring (bicyclic) bond motifs is 1. The van der Waals surface area contributed by atoms with Gasteiger partial charge in [0.15, 0.2) is 5.82 Å². The quantitative estimate of drug-likeness (QED) is 0.139. The molecule has 1 fully saturated rings. The summed E-state index contributed by atoms with van der Waals surface area (Å²) in [6, 6.07) is 25.8. The molecule has 0 bridgehead atoms. The van der Waals surface area contributed by atoms with Crippen LogP contribution >= 0.6 is 0 Å². The van der Waals surface area contributed by atoms with Crippen LogP contribution in [0.4, 0.5) is 4.39 Å². The van der Waals surface area contributed by atoms with E-state index in [0.717, 1.165) is 66.8 Å². The fraction of sp³-hybridized carbons (Fsp3) is 0.333. The first-order valence-corrected chi connectivity index (χ1v) is 16.6. The van der Waals surface area contributed by atoms with E-state index in [1.165, 1.54) is 12.1 Å². The average molecular weight is 648 g/mol. The number of hydrogen-bond donors (Lipinski definition) is 0. The number of carbonyl (C=O) groups excluding carboxylic acids is 2. The minimum atomic E-state index is -0.285. The van der Waals surface area contributed by atoms with Gasteiger partial charge in [0.1, 0.15) is 11.6 Å². The number of likely N-dealkylation sites (tertiary alicyclic amines) is 1. The summed E-state index contributed by atoms with van der Waals surface area (Å²) in [6.07, 6.45) is 4.05. The van der Waals surface area contributed by atoms with E-state index in [2.05, 4.69) is 9.88 Å². The molecule has 1 atom stereocenters. The number of aromatic nitrogens is 3. The molecule has 3 aromatic carbocycles. The number of amides is 1. The zero-order valence-electron chi connectivity index (χ0n) is 27.8. The number of carbonyl (C=O) groups is 2. The van der Waals surface area contributed by atoms with Crippen molar-refractivity contribution >= 4 is 22.7 Å². The first-order valence-electron chi connectivity index (χ1n) is 16.6. The highest BCUT2D eigenvalue weighted by molar-refractivity contribution is 5.98. The van der Waals surface area contributed by atoms with Crippen LogP contribution in [-0.2, 0) is 6.54 Å². The number of methoxy groups -OCH3 is 1. The van der Waals surface area contributed by atoms with E-state index in [-0.39, 0.29) is 29.3 Å². The van der Waals surface area contributed by atoms with Crippen molar-refractivity contribution < 1.29 is 18.7 Å². The molecule has 1 amide bonds. The maximum Gasteiger partial charge on any atom is 0.257 e. The third kappa shape index (κ3) is 7.47. The lowest BCUT2D eigenvalue weighted by Gasteiger charge is -2.33. The molecular weight excluding hydrogens is 605 g/mol. The predicted molar refractivity (Wildman–Crippen MR) is 185 cm³/mol. The number of halogens is 1. The second-order valence-corrected chi connectivity index (χ2v) is 12.7. The van der Waals surface area contributed by atoms with Gasteiger partial charge in [0, 0.05) is 31.6 Å². The highest BCUT2D eigenvalue weighted by atomic mass is 19.1. The molecule has 248 valence electrons. The van der Waals surface area contributed by atoms with Crippen LogP contribution in [0.1, 0.15) is 63.0 Å². The number of ketones is 1. The molecule has 0 aliphatic carbocycles. The van der Waals surface area contributed by atoms with Crippen molar-refractivity contribution in [3.8, 4) is 5.75 Å². The van der Waals surface area contributed by atoms with E-state index in [1.807, 2.05) is 84.3 Å². The van der Waals surface area contributed by atoms with Gasteiger partial charge < -0.3 is 19.1 Å². The summed E-state index contributed by atoms with van der Waals surface area (Å²) in [6.45, 7) is 5.30. The summed E-state index contributed by atoms with van der Waals surface area (Å²) in [5.41, 5.74) is 5.12. The Kier molecular flexibility index (Phi) is 10.3. The standard InChI is InChI=1S/C39H42FN5O3/c1-27-11-16-36(48-3)33(24-27)39(47)43(2)25-30(28-12-14-31(40)15-13-28)19-23-44-21-17-29(18-22-44)37(46)38-42-34-9-4-5-10-35(34)45(38)26-32-8-6-7-20-41-32/h4-16,20,24,29-30H,17-19,21-23,25-26H2,1-3H3. The number of piperidine rings is 1. The Morgan fingerprint density at radius 1 is 1.00 bits per heavy atom. The number of imidazole rings is 1. The van der Waals surface area contributed by atoms with E-state index in [0.29, 0.717) is 30.2 Å². The van der Waals surface area contributed by atoms with Gasteiger partial charge >= 0.3 is 0 Å². The highest BCUT2D eigenvalue weighted by Crippen LogP contribution is 2.28. The van der Waals surface area contributed by atoms with Crippen LogP contribution in [0.3, 0.4) is 0 Å². The number of ether oxygens (including phenoxy) is 1. The van der Waals surface area contributed by atoms with Crippen molar-refractivity contribution in [1.29, 1.82) is 0 Å². The number of likely N-dealkylation sites (N-methyl/N-ethyl adjacent to an activating group) is 1. The Morgan fingerprint density at radius 2 is 1.75 bits per heavy atom. The molecule has 0 saturated carbocycles. The van der Waals surface area contributed by atoms with Gasteiger partial charge in [-0.2, -0.15) is 0 Å². The molecular formula is C39H42FN5O3. The van der Waals surface area contributed by atoms with Crippen LogP contribution in [0.5, 0.6) is 5.75 Å². The average Bonchev–Trinajstić information content (AvgIpc) is 3.48. The van der Waals surface area contributed by atoms with Gasteiger partial charge in [-0.25, -0.2) is 9.37 Å². The van der Waals surface area contributed by atoms with E-state index in [4.69, 9.17) is 9.72 Å². The zero-order valence-corrected chi connectivity index (χ0v) is 27.8. The van der Waals surface area contributed by atoms with Crippen LogP contribution in [0.15, 0.2) is 91.1 Å². The molecule has 0 radical (unpaired) electrons. The third-order valence-electron chi connectivity index (χ3n) is 9.44. The maximum absolute atomic E-state index is 13.9. The molecule has 5 aromatic rings. The Balaban J connectivity index is 1.11. The van der Waals surface area contributed by atoms with E-state index in [1.54, 1.807) is 25.3 Å². The number of rotatable bonds is 12. The molecule has 0 N–H and O–H groups in total. The highest BCUT2D eigenvalue weighted by Gasteiger charge is 2.30. The van der Waals surface area contributed by atoms with Crippen LogP contribution in [0, 0.1) is 18.7 Å². The number of nitrogens with zero attached hydrogens (tertiary/aromatic N) is 5. The summed E-state index contributed by atoms with van der Waals surface area (Å²) < 4.78 is 21.3. The van der Waals surface area contributed by atoms with E-state index in [9.17, 15) is 14.0 Å². The minimum absolute atomic E-state index is 0.00112. The molecule has 0 spiro atoms. The Morgan fingerprint density at radius 3 is 2.48 bits per heavy atom. The topological polar surface area (TPSA) is 80.6 Å². The van der Waals surface area contributed by atoms with Crippen molar-refractivity contribution in [1.82, 2.24) is 24.3 Å². The molecule has 48 heavy (non-hydrogen) atoms. The minimum Gasteiger partial charge on any atom is -0.496 e. The normalized spacial score (nSPS) is 14.6. The molecule has 1 unspecified atom stereocenters. The lowest BCUT2D eigenvalue weighted by Crippen LogP contribution is -2.39. The fourth-order valence-corrected chi connectivity index (χ4v) is 6.72. The number of benzene rings is 3. The van der Waals surface area contributed by atoms with Gasteiger partial charge in [-0.1, -0.05) is 42.0 Å². The number of aryl methyl sites for hydroxylation is 1. The molecule has 2 aromatic heterocycles. The lowest BCUT2D eigenvalue weighted by atomic mass is 9.90. The number of Topliss-reactive ketones (excluding diaryl/α,β-unsaturated/α-hetero) is 1.